The predicted molar refractivity (Wildman–Crippen MR) is 131 cm³/mol. The highest BCUT2D eigenvalue weighted by atomic mass is 127. The van der Waals surface area contributed by atoms with Crippen LogP contribution in [0.2, 0.25) is 0 Å². The zero-order chi connectivity index (χ0) is 21.2. The Bertz CT molecular complexity index is 1000. The largest absolute Gasteiger partial charge is 0.496 e. The van der Waals surface area contributed by atoms with Crippen molar-refractivity contribution in [1.29, 1.82) is 0 Å². The molecule has 0 aliphatic carbocycles. The summed E-state index contributed by atoms with van der Waals surface area (Å²) in [6, 6.07) is 17.6. The highest BCUT2D eigenvalue weighted by Gasteiger charge is 2.08. The van der Waals surface area contributed by atoms with Crippen molar-refractivity contribution in [2.24, 2.45) is 4.99 Å². The summed E-state index contributed by atoms with van der Waals surface area (Å²) in [7, 11) is 3.38. The molecule has 0 unspecified atom stereocenters. The maximum Gasteiger partial charge on any atom is 0.224 e. The minimum atomic E-state index is -0.359. The number of nitrogens with one attached hydrogen (secondary N) is 2. The fourth-order valence-corrected chi connectivity index (χ4v) is 2.92. The number of benzene rings is 2. The molecule has 0 saturated carbocycles. The van der Waals surface area contributed by atoms with Crippen LogP contribution in [0.1, 0.15) is 11.1 Å². The zero-order valence-electron chi connectivity index (χ0n) is 17.5. The molecule has 0 radical (unpaired) electrons. The molecule has 0 fully saturated rings. The van der Waals surface area contributed by atoms with Gasteiger partial charge in [-0.05, 0) is 36.2 Å². The minimum Gasteiger partial charge on any atom is -0.496 e. The standard InChI is InChI=1S/C23H25FN4O2.HI/c1-25-23(27-14-12-17-7-3-4-11-21(17)29-2)28-16-18-8-6-13-26-22(18)30-20-10-5-9-19(24)15-20;/h3-11,13,15H,12,14,16H2,1-2H3,(H2,25,27,28);1H. The van der Waals surface area contributed by atoms with E-state index < -0.39 is 0 Å². The Morgan fingerprint density at radius 3 is 2.61 bits per heavy atom. The van der Waals surface area contributed by atoms with Crippen molar-refractivity contribution in [2.45, 2.75) is 13.0 Å². The Morgan fingerprint density at radius 2 is 1.84 bits per heavy atom. The van der Waals surface area contributed by atoms with Crippen LogP contribution in [0.5, 0.6) is 17.4 Å². The second-order valence-electron chi connectivity index (χ2n) is 6.44. The van der Waals surface area contributed by atoms with E-state index >= 15 is 0 Å². The molecule has 3 aromatic rings. The molecule has 164 valence electrons. The molecule has 2 aromatic carbocycles. The third-order valence-corrected chi connectivity index (χ3v) is 4.41. The van der Waals surface area contributed by atoms with Crippen molar-refractivity contribution >= 4 is 29.9 Å². The van der Waals surface area contributed by atoms with Gasteiger partial charge in [-0.25, -0.2) is 9.37 Å². The lowest BCUT2D eigenvalue weighted by molar-refractivity contribution is 0.409. The van der Waals surface area contributed by atoms with Crippen molar-refractivity contribution in [3.05, 3.63) is 83.8 Å². The van der Waals surface area contributed by atoms with Crippen molar-refractivity contribution in [2.75, 3.05) is 20.7 Å². The number of para-hydroxylation sites is 1. The average Bonchev–Trinajstić information content (AvgIpc) is 2.77. The number of pyridine rings is 1. The summed E-state index contributed by atoms with van der Waals surface area (Å²) in [6.07, 6.45) is 2.43. The summed E-state index contributed by atoms with van der Waals surface area (Å²) in [5.41, 5.74) is 1.95. The number of ether oxygens (including phenoxy) is 2. The van der Waals surface area contributed by atoms with E-state index in [1.54, 1.807) is 32.5 Å². The number of hydrogen-bond acceptors (Lipinski definition) is 4. The van der Waals surface area contributed by atoms with E-state index in [1.807, 2.05) is 36.4 Å². The first-order valence-corrected chi connectivity index (χ1v) is 9.63. The number of nitrogens with zero attached hydrogens (tertiary/aromatic N) is 2. The molecule has 2 N–H and O–H groups in total. The third-order valence-electron chi connectivity index (χ3n) is 4.41. The molecule has 8 heteroatoms. The van der Waals surface area contributed by atoms with Crippen LogP contribution in [0.3, 0.4) is 0 Å². The summed E-state index contributed by atoms with van der Waals surface area (Å²) in [4.78, 5) is 8.52. The van der Waals surface area contributed by atoms with Gasteiger partial charge in [0.2, 0.25) is 5.88 Å². The highest BCUT2D eigenvalue weighted by molar-refractivity contribution is 14.0. The van der Waals surface area contributed by atoms with E-state index in [-0.39, 0.29) is 29.8 Å². The molecule has 31 heavy (non-hydrogen) atoms. The van der Waals surface area contributed by atoms with Gasteiger partial charge in [0.05, 0.1) is 7.11 Å². The van der Waals surface area contributed by atoms with Crippen molar-refractivity contribution in [1.82, 2.24) is 15.6 Å². The average molecular weight is 536 g/mol. The molecule has 0 spiro atoms. The van der Waals surface area contributed by atoms with Crippen LogP contribution in [-0.4, -0.2) is 31.6 Å². The molecule has 0 saturated heterocycles. The van der Waals surface area contributed by atoms with Gasteiger partial charge in [0.15, 0.2) is 5.96 Å². The highest BCUT2D eigenvalue weighted by Crippen LogP contribution is 2.23. The Labute approximate surface area is 198 Å². The summed E-state index contributed by atoms with van der Waals surface area (Å²) >= 11 is 0. The fourth-order valence-electron chi connectivity index (χ4n) is 2.92. The van der Waals surface area contributed by atoms with Crippen LogP contribution >= 0.6 is 24.0 Å². The van der Waals surface area contributed by atoms with Crippen molar-refractivity contribution < 1.29 is 13.9 Å². The molecule has 0 atom stereocenters. The monoisotopic (exact) mass is 536 g/mol. The van der Waals surface area contributed by atoms with Gasteiger partial charge in [-0.15, -0.1) is 24.0 Å². The number of aliphatic imine (C=N–C) groups is 1. The van der Waals surface area contributed by atoms with Crippen molar-refractivity contribution in [3.63, 3.8) is 0 Å². The van der Waals surface area contributed by atoms with Gasteiger partial charge in [0.1, 0.15) is 17.3 Å². The summed E-state index contributed by atoms with van der Waals surface area (Å²) in [6.45, 7) is 1.15. The minimum absolute atomic E-state index is 0. The van der Waals surface area contributed by atoms with Crippen LogP contribution in [0.25, 0.3) is 0 Å². The van der Waals surface area contributed by atoms with Crippen LogP contribution in [-0.2, 0) is 13.0 Å². The van der Waals surface area contributed by atoms with Gasteiger partial charge in [0, 0.05) is 38.0 Å². The Morgan fingerprint density at radius 1 is 1.03 bits per heavy atom. The van der Waals surface area contributed by atoms with Gasteiger partial charge in [-0.1, -0.05) is 30.3 Å². The molecule has 0 amide bonds. The Kier molecular flexibility index (Phi) is 10.0. The van der Waals surface area contributed by atoms with E-state index in [0.29, 0.717) is 30.7 Å². The number of methoxy groups -OCH3 is 1. The number of hydrogen-bond donors (Lipinski definition) is 2. The van der Waals surface area contributed by atoms with Crippen LogP contribution in [0.15, 0.2) is 71.9 Å². The van der Waals surface area contributed by atoms with Gasteiger partial charge in [0.25, 0.3) is 0 Å². The molecular weight excluding hydrogens is 510 g/mol. The van der Waals surface area contributed by atoms with E-state index in [2.05, 4.69) is 20.6 Å². The van der Waals surface area contributed by atoms with Crippen LogP contribution < -0.4 is 20.1 Å². The zero-order valence-corrected chi connectivity index (χ0v) is 19.8. The van der Waals surface area contributed by atoms with Gasteiger partial charge in [-0.2, -0.15) is 0 Å². The SMILES string of the molecule is CN=C(NCCc1ccccc1OC)NCc1cccnc1Oc1cccc(F)c1.I. The lowest BCUT2D eigenvalue weighted by Gasteiger charge is -2.14. The number of halogens is 2. The topological polar surface area (TPSA) is 67.8 Å². The number of guanidine groups is 1. The summed E-state index contributed by atoms with van der Waals surface area (Å²) in [5, 5.41) is 6.54. The number of rotatable bonds is 8. The summed E-state index contributed by atoms with van der Waals surface area (Å²) < 4.78 is 24.6. The Balaban J connectivity index is 0.00000341. The van der Waals surface area contributed by atoms with E-state index in [9.17, 15) is 4.39 Å². The normalized spacial score (nSPS) is 10.7. The van der Waals surface area contributed by atoms with Gasteiger partial charge >= 0.3 is 0 Å². The van der Waals surface area contributed by atoms with E-state index in [4.69, 9.17) is 9.47 Å². The summed E-state index contributed by atoms with van der Waals surface area (Å²) in [5.74, 6) is 1.99. The first kappa shape index (κ1) is 24.4. The third kappa shape index (κ3) is 7.39. The van der Waals surface area contributed by atoms with Gasteiger partial charge < -0.3 is 20.1 Å². The number of aromatic nitrogens is 1. The molecule has 0 bridgehead atoms. The second kappa shape index (κ2) is 12.7. The lowest BCUT2D eigenvalue weighted by Crippen LogP contribution is -2.38. The molecule has 1 aromatic heterocycles. The lowest BCUT2D eigenvalue weighted by atomic mass is 10.1. The maximum atomic E-state index is 13.4. The van der Waals surface area contributed by atoms with Gasteiger partial charge in [-0.3, -0.25) is 4.99 Å². The van der Waals surface area contributed by atoms with E-state index in [0.717, 1.165) is 23.3 Å². The molecule has 6 nitrogen and oxygen atoms in total. The predicted octanol–water partition coefficient (Wildman–Crippen LogP) is 4.55. The maximum absolute atomic E-state index is 13.4. The smallest absolute Gasteiger partial charge is 0.224 e. The first-order chi connectivity index (χ1) is 14.7. The second-order valence-corrected chi connectivity index (χ2v) is 6.44. The van der Waals surface area contributed by atoms with E-state index in [1.165, 1.54) is 12.1 Å². The van der Waals surface area contributed by atoms with Crippen LogP contribution in [0, 0.1) is 5.82 Å². The molecule has 0 aliphatic rings. The molecular formula is C23H26FIN4O2. The quantitative estimate of drug-likeness (QED) is 0.251. The first-order valence-electron chi connectivity index (χ1n) is 9.63. The fraction of sp³-hybridized carbons (Fsp3) is 0.217. The molecule has 3 rings (SSSR count). The molecule has 1 heterocycles. The van der Waals surface area contributed by atoms with Crippen LogP contribution in [0.4, 0.5) is 4.39 Å². The Hall–Kier alpha value is -2.88. The van der Waals surface area contributed by atoms with Crippen molar-refractivity contribution in [3.8, 4) is 17.4 Å². The molecule has 0 aliphatic heterocycles.